The van der Waals surface area contributed by atoms with E-state index < -0.39 is 0 Å². The summed E-state index contributed by atoms with van der Waals surface area (Å²) in [6.07, 6.45) is 3.11. The van der Waals surface area contributed by atoms with E-state index in [0.29, 0.717) is 11.9 Å². The molecule has 0 aromatic carbocycles. The van der Waals surface area contributed by atoms with Crippen molar-refractivity contribution in [2.75, 3.05) is 19.6 Å². The van der Waals surface area contributed by atoms with Gasteiger partial charge in [-0.1, -0.05) is 6.92 Å². The van der Waals surface area contributed by atoms with Crippen molar-refractivity contribution >= 4 is 5.91 Å². The third-order valence-electron chi connectivity index (χ3n) is 3.83. The number of nitrogens with zero attached hydrogens (tertiary/aromatic N) is 1. The molecule has 1 aliphatic heterocycles. The Morgan fingerprint density at radius 1 is 1.44 bits per heavy atom. The highest BCUT2D eigenvalue weighted by atomic mass is 16.2. The zero-order chi connectivity index (χ0) is 12.2. The van der Waals surface area contributed by atoms with Gasteiger partial charge >= 0.3 is 0 Å². The quantitative estimate of drug-likeness (QED) is 0.795. The molecule has 1 rings (SSSR count). The fraction of sp³-hybridized carbons (Fsp3) is 0.923. The second-order valence-corrected chi connectivity index (χ2v) is 5.10. The third-order valence-corrected chi connectivity index (χ3v) is 3.83. The Morgan fingerprint density at radius 3 is 2.50 bits per heavy atom. The largest absolute Gasteiger partial charge is 0.340 e. The van der Waals surface area contributed by atoms with Crippen molar-refractivity contribution in [1.29, 1.82) is 0 Å². The summed E-state index contributed by atoms with van der Waals surface area (Å²) >= 11 is 0. The average Bonchev–Trinajstić information content (AvgIpc) is 2.30. The first-order valence-electron chi connectivity index (χ1n) is 6.59. The standard InChI is InChI=1S/C13H26N2O/c1-5-13(8-7-9-14-10-13)12(16)15(6-2)11(3)4/h11,14H,5-10H2,1-4H3. The van der Waals surface area contributed by atoms with E-state index in [0.717, 1.165) is 38.9 Å². The van der Waals surface area contributed by atoms with Crippen molar-refractivity contribution < 1.29 is 4.79 Å². The molecule has 1 amide bonds. The predicted molar refractivity (Wildman–Crippen MR) is 67.4 cm³/mol. The summed E-state index contributed by atoms with van der Waals surface area (Å²) in [6.45, 7) is 11.1. The van der Waals surface area contributed by atoms with Gasteiger partial charge in [0.2, 0.25) is 5.91 Å². The lowest BCUT2D eigenvalue weighted by atomic mass is 9.77. The lowest BCUT2D eigenvalue weighted by Crippen LogP contribution is -2.53. The Labute approximate surface area is 99.6 Å². The van der Waals surface area contributed by atoms with E-state index in [4.69, 9.17) is 0 Å². The van der Waals surface area contributed by atoms with Crippen molar-refractivity contribution in [3.05, 3.63) is 0 Å². The molecule has 0 aromatic rings. The molecule has 1 heterocycles. The molecule has 1 unspecified atom stereocenters. The maximum absolute atomic E-state index is 12.6. The van der Waals surface area contributed by atoms with Crippen LogP contribution in [0.25, 0.3) is 0 Å². The monoisotopic (exact) mass is 226 g/mol. The number of carbonyl (C=O) groups is 1. The van der Waals surface area contributed by atoms with Crippen LogP contribution in [0, 0.1) is 5.41 Å². The van der Waals surface area contributed by atoms with E-state index in [9.17, 15) is 4.79 Å². The summed E-state index contributed by atoms with van der Waals surface area (Å²) in [4.78, 5) is 14.6. The Bertz CT molecular complexity index is 232. The Morgan fingerprint density at radius 2 is 2.12 bits per heavy atom. The molecule has 0 bridgehead atoms. The van der Waals surface area contributed by atoms with Gasteiger partial charge in [0, 0.05) is 19.1 Å². The molecule has 1 fully saturated rings. The highest BCUT2D eigenvalue weighted by molar-refractivity contribution is 5.83. The van der Waals surface area contributed by atoms with E-state index in [1.807, 2.05) is 4.90 Å². The van der Waals surface area contributed by atoms with Gasteiger partial charge in [-0.05, 0) is 46.6 Å². The van der Waals surface area contributed by atoms with Crippen LogP contribution in [0.15, 0.2) is 0 Å². The summed E-state index contributed by atoms with van der Waals surface area (Å²) < 4.78 is 0. The van der Waals surface area contributed by atoms with Crippen molar-refractivity contribution in [1.82, 2.24) is 10.2 Å². The number of hydrogen-bond acceptors (Lipinski definition) is 2. The van der Waals surface area contributed by atoms with Crippen molar-refractivity contribution in [2.24, 2.45) is 5.41 Å². The van der Waals surface area contributed by atoms with Crippen LogP contribution in [0.4, 0.5) is 0 Å². The van der Waals surface area contributed by atoms with Crippen LogP contribution in [0.1, 0.15) is 47.0 Å². The molecule has 0 radical (unpaired) electrons. The maximum Gasteiger partial charge on any atom is 0.230 e. The molecule has 1 saturated heterocycles. The van der Waals surface area contributed by atoms with Crippen LogP contribution in [0.3, 0.4) is 0 Å². The van der Waals surface area contributed by atoms with Crippen LogP contribution in [-0.4, -0.2) is 36.5 Å². The Kier molecular flexibility index (Phi) is 4.78. The lowest BCUT2D eigenvalue weighted by molar-refractivity contribution is -0.145. The highest BCUT2D eigenvalue weighted by Crippen LogP contribution is 2.32. The van der Waals surface area contributed by atoms with Gasteiger partial charge in [0.15, 0.2) is 0 Å². The molecule has 16 heavy (non-hydrogen) atoms. The number of amides is 1. The van der Waals surface area contributed by atoms with Gasteiger partial charge in [-0.25, -0.2) is 0 Å². The first-order chi connectivity index (χ1) is 7.57. The van der Waals surface area contributed by atoms with Gasteiger partial charge < -0.3 is 10.2 Å². The second-order valence-electron chi connectivity index (χ2n) is 5.10. The van der Waals surface area contributed by atoms with Crippen LogP contribution in [0.5, 0.6) is 0 Å². The third kappa shape index (κ3) is 2.57. The first kappa shape index (κ1) is 13.5. The van der Waals surface area contributed by atoms with Gasteiger partial charge in [0.1, 0.15) is 0 Å². The van der Waals surface area contributed by atoms with Crippen LogP contribution < -0.4 is 5.32 Å². The van der Waals surface area contributed by atoms with Gasteiger partial charge in [-0.15, -0.1) is 0 Å². The predicted octanol–water partition coefficient (Wildman–Crippen LogP) is 2.02. The van der Waals surface area contributed by atoms with Gasteiger partial charge in [0.05, 0.1) is 5.41 Å². The molecule has 0 saturated carbocycles. The van der Waals surface area contributed by atoms with Crippen molar-refractivity contribution in [3.63, 3.8) is 0 Å². The molecular formula is C13H26N2O. The highest BCUT2D eigenvalue weighted by Gasteiger charge is 2.40. The normalized spacial score (nSPS) is 25.8. The summed E-state index contributed by atoms with van der Waals surface area (Å²) in [5, 5.41) is 3.38. The maximum atomic E-state index is 12.6. The van der Waals surface area contributed by atoms with E-state index in [1.165, 1.54) is 0 Å². The number of piperidine rings is 1. The molecule has 1 N–H and O–H groups in total. The fourth-order valence-electron chi connectivity index (χ4n) is 2.65. The minimum Gasteiger partial charge on any atom is -0.340 e. The van der Waals surface area contributed by atoms with Crippen molar-refractivity contribution in [3.8, 4) is 0 Å². The Hall–Kier alpha value is -0.570. The van der Waals surface area contributed by atoms with Gasteiger partial charge in [0.25, 0.3) is 0 Å². The number of nitrogens with one attached hydrogen (secondary N) is 1. The number of rotatable bonds is 4. The van der Waals surface area contributed by atoms with E-state index in [2.05, 4.69) is 33.0 Å². The van der Waals surface area contributed by atoms with Gasteiger partial charge in [-0.3, -0.25) is 4.79 Å². The minimum absolute atomic E-state index is 0.140. The van der Waals surface area contributed by atoms with E-state index in [1.54, 1.807) is 0 Å². The molecule has 1 atom stereocenters. The summed E-state index contributed by atoms with van der Waals surface area (Å²) in [7, 11) is 0. The molecule has 0 spiro atoms. The topological polar surface area (TPSA) is 32.3 Å². The summed E-state index contributed by atoms with van der Waals surface area (Å²) in [5.41, 5.74) is -0.140. The summed E-state index contributed by atoms with van der Waals surface area (Å²) in [6, 6.07) is 0.308. The molecule has 0 aromatic heterocycles. The lowest BCUT2D eigenvalue weighted by Gasteiger charge is -2.40. The fourth-order valence-corrected chi connectivity index (χ4v) is 2.65. The molecule has 1 aliphatic rings. The number of hydrogen-bond donors (Lipinski definition) is 1. The minimum atomic E-state index is -0.140. The summed E-state index contributed by atoms with van der Waals surface area (Å²) in [5.74, 6) is 0.347. The van der Waals surface area contributed by atoms with Crippen molar-refractivity contribution in [2.45, 2.75) is 53.0 Å². The second kappa shape index (κ2) is 5.67. The number of carbonyl (C=O) groups excluding carboxylic acids is 1. The molecule has 3 nitrogen and oxygen atoms in total. The van der Waals surface area contributed by atoms with Gasteiger partial charge in [-0.2, -0.15) is 0 Å². The zero-order valence-electron chi connectivity index (χ0n) is 11.2. The Balaban J connectivity index is 2.81. The van der Waals surface area contributed by atoms with Crippen LogP contribution in [0.2, 0.25) is 0 Å². The van der Waals surface area contributed by atoms with E-state index in [-0.39, 0.29) is 5.41 Å². The molecule has 3 heteroatoms. The SMILES string of the molecule is CCN(C(=O)C1(CC)CCCNC1)C(C)C. The average molecular weight is 226 g/mol. The van der Waals surface area contributed by atoms with Crippen LogP contribution in [-0.2, 0) is 4.79 Å². The van der Waals surface area contributed by atoms with E-state index >= 15 is 0 Å². The molecular weight excluding hydrogens is 200 g/mol. The molecule has 94 valence electrons. The zero-order valence-corrected chi connectivity index (χ0v) is 11.2. The molecule has 0 aliphatic carbocycles. The van der Waals surface area contributed by atoms with Crippen LogP contribution >= 0.6 is 0 Å². The smallest absolute Gasteiger partial charge is 0.230 e. The first-order valence-corrected chi connectivity index (χ1v) is 6.59.